The first-order valence-corrected chi connectivity index (χ1v) is 8.10. The molecular formula is C19H22N2O3. The summed E-state index contributed by atoms with van der Waals surface area (Å²) in [6.45, 7) is 3.92. The lowest BCUT2D eigenvalue weighted by atomic mass is 10.1. The first-order valence-electron chi connectivity index (χ1n) is 8.10. The molecule has 0 atom stereocenters. The Kier molecular flexibility index (Phi) is 5.40. The lowest BCUT2D eigenvalue weighted by Crippen LogP contribution is -2.41. The van der Waals surface area contributed by atoms with Crippen molar-refractivity contribution in [1.29, 1.82) is 0 Å². The minimum Gasteiger partial charge on any atom is -0.340 e. The van der Waals surface area contributed by atoms with Crippen molar-refractivity contribution in [3.05, 3.63) is 35.4 Å². The first kappa shape index (κ1) is 17.7. The van der Waals surface area contributed by atoms with E-state index >= 15 is 0 Å². The average molecular weight is 326 g/mol. The van der Waals surface area contributed by atoms with E-state index in [1.54, 1.807) is 38.1 Å². The van der Waals surface area contributed by atoms with Gasteiger partial charge < -0.3 is 5.32 Å². The smallest absolute Gasteiger partial charge is 0.261 e. The number of rotatable bonds is 7. The largest absolute Gasteiger partial charge is 0.340 e. The Balaban J connectivity index is 1.73. The fourth-order valence-corrected chi connectivity index (χ4v) is 2.62. The molecule has 0 saturated heterocycles. The third-order valence-electron chi connectivity index (χ3n) is 3.98. The van der Waals surface area contributed by atoms with Crippen LogP contribution in [0.5, 0.6) is 0 Å². The Hall–Kier alpha value is -2.61. The number of hydrogen-bond acceptors (Lipinski definition) is 3. The van der Waals surface area contributed by atoms with Crippen LogP contribution in [0.25, 0.3) is 0 Å². The van der Waals surface area contributed by atoms with Crippen molar-refractivity contribution in [3.8, 4) is 12.3 Å². The van der Waals surface area contributed by atoms with Gasteiger partial charge >= 0.3 is 0 Å². The monoisotopic (exact) mass is 326 g/mol. The Bertz CT molecular complexity index is 666. The van der Waals surface area contributed by atoms with Crippen LogP contribution in [0.4, 0.5) is 0 Å². The molecule has 0 fully saturated rings. The van der Waals surface area contributed by atoms with Gasteiger partial charge in [0, 0.05) is 13.0 Å². The number of terminal acetylenes is 1. The minimum absolute atomic E-state index is 0.0846. The molecule has 3 amide bonds. The zero-order valence-corrected chi connectivity index (χ0v) is 14.1. The molecule has 126 valence electrons. The van der Waals surface area contributed by atoms with Crippen LogP contribution in [0, 0.1) is 12.3 Å². The summed E-state index contributed by atoms with van der Waals surface area (Å²) in [6, 6.07) is 6.86. The number of imide groups is 1. The molecule has 1 aliphatic heterocycles. The lowest BCUT2D eigenvalue weighted by molar-refractivity contribution is -0.122. The fourth-order valence-electron chi connectivity index (χ4n) is 2.62. The summed E-state index contributed by atoms with van der Waals surface area (Å²) in [5, 5.41) is 2.77. The molecule has 0 spiro atoms. The van der Waals surface area contributed by atoms with Gasteiger partial charge in [-0.05, 0) is 38.8 Å². The SMILES string of the molecule is C#CC(C)(C)NC(=O)CCCCCN1C(=O)c2ccccc2C1=O. The summed E-state index contributed by atoms with van der Waals surface area (Å²) >= 11 is 0. The highest BCUT2D eigenvalue weighted by atomic mass is 16.2. The Labute approximate surface area is 142 Å². The molecule has 1 N–H and O–H groups in total. The van der Waals surface area contributed by atoms with E-state index in [-0.39, 0.29) is 17.7 Å². The lowest BCUT2D eigenvalue weighted by Gasteiger charge is -2.19. The van der Waals surface area contributed by atoms with E-state index in [4.69, 9.17) is 6.42 Å². The van der Waals surface area contributed by atoms with Crippen molar-refractivity contribution in [3.63, 3.8) is 0 Å². The molecule has 1 aromatic rings. The molecule has 0 aromatic heterocycles. The first-order chi connectivity index (χ1) is 11.4. The molecule has 0 radical (unpaired) electrons. The van der Waals surface area contributed by atoms with Crippen molar-refractivity contribution >= 4 is 17.7 Å². The highest BCUT2D eigenvalue weighted by molar-refractivity contribution is 6.21. The predicted molar refractivity (Wildman–Crippen MR) is 91.3 cm³/mol. The molecule has 0 bridgehead atoms. The average Bonchev–Trinajstić information content (AvgIpc) is 2.79. The zero-order valence-electron chi connectivity index (χ0n) is 14.1. The molecule has 0 unspecified atom stereocenters. The third kappa shape index (κ3) is 4.02. The van der Waals surface area contributed by atoms with Gasteiger partial charge in [0.05, 0.1) is 16.7 Å². The Morgan fingerprint density at radius 3 is 2.25 bits per heavy atom. The van der Waals surface area contributed by atoms with Gasteiger partial charge in [0.15, 0.2) is 0 Å². The predicted octanol–water partition coefficient (Wildman–Crippen LogP) is 2.37. The van der Waals surface area contributed by atoms with Gasteiger partial charge in [-0.15, -0.1) is 6.42 Å². The topological polar surface area (TPSA) is 66.5 Å². The van der Waals surface area contributed by atoms with Gasteiger partial charge in [0.2, 0.25) is 5.91 Å². The summed E-state index contributed by atoms with van der Waals surface area (Å²) in [5.74, 6) is 1.97. The van der Waals surface area contributed by atoms with E-state index in [9.17, 15) is 14.4 Å². The Morgan fingerprint density at radius 1 is 1.12 bits per heavy atom. The van der Waals surface area contributed by atoms with E-state index in [0.717, 1.165) is 6.42 Å². The maximum Gasteiger partial charge on any atom is 0.261 e. The van der Waals surface area contributed by atoms with Crippen molar-refractivity contribution in [2.75, 3.05) is 6.54 Å². The molecule has 5 nitrogen and oxygen atoms in total. The Morgan fingerprint density at radius 2 is 1.71 bits per heavy atom. The summed E-state index contributed by atoms with van der Waals surface area (Å²) in [6.07, 6.45) is 7.84. The van der Waals surface area contributed by atoms with Crippen LogP contribution in [0.2, 0.25) is 0 Å². The van der Waals surface area contributed by atoms with E-state index < -0.39 is 5.54 Å². The van der Waals surface area contributed by atoms with Gasteiger partial charge in [-0.2, -0.15) is 0 Å². The molecule has 5 heteroatoms. The number of unbranched alkanes of at least 4 members (excludes halogenated alkanes) is 2. The number of hydrogen-bond donors (Lipinski definition) is 1. The number of fused-ring (bicyclic) bond motifs is 1. The molecule has 24 heavy (non-hydrogen) atoms. The number of carbonyl (C=O) groups is 3. The fraction of sp³-hybridized carbons (Fsp3) is 0.421. The molecular weight excluding hydrogens is 304 g/mol. The summed E-state index contributed by atoms with van der Waals surface area (Å²) in [5.41, 5.74) is 0.300. The number of benzene rings is 1. The second-order valence-corrected chi connectivity index (χ2v) is 6.44. The van der Waals surface area contributed by atoms with Gasteiger partial charge in [-0.3, -0.25) is 19.3 Å². The standard InChI is InChI=1S/C19H22N2O3/c1-4-19(2,3)20-16(22)12-6-5-9-13-21-17(23)14-10-7-8-11-15(14)18(21)24/h1,7-8,10-11H,5-6,9,12-13H2,2-3H3,(H,20,22). The molecule has 0 saturated carbocycles. The third-order valence-corrected chi connectivity index (χ3v) is 3.98. The molecule has 1 heterocycles. The van der Waals surface area contributed by atoms with Crippen LogP contribution >= 0.6 is 0 Å². The highest BCUT2D eigenvalue weighted by Gasteiger charge is 2.34. The summed E-state index contributed by atoms with van der Waals surface area (Å²) in [7, 11) is 0. The van der Waals surface area contributed by atoms with E-state index in [1.807, 2.05) is 0 Å². The molecule has 1 aliphatic rings. The second kappa shape index (κ2) is 7.31. The zero-order chi connectivity index (χ0) is 17.7. The van der Waals surface area contributed by atoms with Crippen LogP contribution in [0.3, 0.4) is 0 Å². The van der Waals surface area contributed by atoms with Gasteiger partial charge in [0.25, 0.3) is 11.8 Å². The van der Waals surface area contributed by atoms with Crippen molar-refractivity contribution in [1.82, 2.24) is 10.2 Å². The van der Waals surface area contributed by atoms with E-state index in [2.05, 4.69) is 11.2 Å². The maximum absolute atomic E-state index is 12.2. The number of amides is 3. The van der Waals surface area contributed by atoms with Gasteiger partial charge in [0.1, 0.15) is 0 Å². The second-order valence-electron chi connectivity index (χ2n) is 6.44. The van der Waals surface area contributed by atoms with Crippen LogP contribution in [0.15, 0.2) is 24.3 Å². The van der Waals surface area contributed by atoms with Crippen molar-refractivity contribution in [2.24, 2.45) is 0 Å². The summed E-state index contributed by atoms with van der Waals surface area (Å²) in [4.78, 5) is 37.4. The van der Waals surface area contributed by atoms with Crippen molar-refractivity contribution in [2.45, 2.75) is 45.1 Å². The molecule has 0 aliphatic carbocycles. The van der Waals surface area contributed by atoms with Gasteiger partial charge in [-0.1, -0.05) is 24.5 Å². The molecule has 1 aromatic carbocycles. The van der Waals surface area contributed by atoms with Crippen LogP contribution < -0.4 is 5.32 Å². The van der Waals surface area contributed by atoms with Crippen LogP contribution in [-0.2, 0) is 4.79 Å². The van der Waals surface area contributed by atoms with Crippen LogP contribution in [-0.4, -0.2) is 34.7 Å². The quantitative estimate of drug-likeness (QED) is 0.475. The van der Waals surface area contributed by atoms with Crippen LogP contribution in [0.1, 0.15) is 60.2 Å². The minimum atomic E-state index is -0.642. The maximum atomic E-state index is 12.2. The number of nitrogens with zero attached hydrogens (tertiary/aromatic N) is 1. The highest BCUT2D eigenvalue weighted by Crippen LogP contribution is 2.22. The van der Waals surface area contributed by atoms with Crippen molar-refractivity contribution < 1.29 is 14.4 Å². The van der Waals surface area contributed by atoms with E-state index in [0.29, 0.717) is 36.9 Å². The van der Waals surface area contributed by atoms with Gasteiger partial charge in [-0.25, -0.2) is 0 Å². The normalized spacial score (nSPS) is 13.6. The van der Waals surface area contributed by atoms with E-state index in [1.165, 1.54) is 4.90 Å². The number of nitrogens with one attached hydrogen (secondary N) is 1. The summed E-state index contributed by atoms with van der Waals surface area (Å²) < 4.78 is 0. The molecule has 2 rings (SSSR count). The number of carbonyl (C=O) groups excluding carboxylic acids is 3.